The van der Waals surface area contributed by atoms with Crippen molar-refractivity contribution in [1.82, 2.24) is 10.1 Å². The number of nitrogens with zero attached hydrogens (tertiary/aromatic N) is 4. The second-order valence-electron chi connectivity index (χ2n) is 5.60. The molecule has 3 rings (SSSR count). The van der Waals surface area contributed by atoms with E-state index in [1.165, 1.54) is 6.07 Å². The maximum Gasteiger partial charge on any atom is 0.269 e. The average molecular weight is 312 g/mol. The van der Waals surface area contributed by atoms with E-state index in [1.54, 1.807) is 19.1 Å². The first-order valence-electron chi connectivity index (χ1n) is 7.25. The molecule has 1 aliphatic rings. The van der Waals surface area contributed by atoms with E-state index < -0.39 is 0 Å². The molecule has 2 aromatic rings. The lowest BCUT2D eigenvalue weighted by atomic mass is 9.83. The zero-order valence-corrected chi connectivity index (χ0v) is 13.1. The predicted octanol–water partition coefficient (Wildman–Crippen LogP) is 3.67. The molecule has 0 fully saturated rings. The van der Waals surface area contributed by atoms with Gasteiger partial charge in [0.25, 0.3) is 11.6 Å². The molecule has 0 spiro atoms. The molecule has 23 heavy (non-hydrogen) atoms. The number of aromatic nitrogens is 2. The molecule has 0 saturated carbocycles. The summed E-state index contributed by atoms with van der Waals surface area (Å²) in [5, 5.41) is 14.9. The minimum absolute atomic E-state index is 0.0707. The quantitative estimate of drug-likeness (QED) is 0.636. The number of hydrogen-bond acceptors (Lipinski definition) is 6. The summed E-state index contributed by atoms with van der Waals surface area (Å²) < 4.78 is 5.32. The van der Waals surface area contributed by atoms with Gasteiger partial charge in [0.15, 0.2) is 5.82 Å². The summed E-state index contributed by atoms with van der Waals surface area (Å²) in [6, 6.07) is 6.66. The van der Waals surface area contributed by atoms with Crippen molar-refractivity contribution in [2.24, 2.45) is 4.99 Å². The van der Waals surface area contributed by atoms with Gasteiger partial charge in [-0.15, -0.1) is 0 Å². The monoisotopic (exact) mass is 312 g/mol. The maximum absolute atomic E-state index is 11.0. The number of hydrogen-bond donors (Lipinski definition) is 0. The minimum atomic E-state index is -0.389. The van der Waals surface area contributed by atoms with Gasteiger partial charge in [-0.05, 0) is 32.8 Å². The summed E-state index contributed by atoms with van der Waals surface area (Å²) in [4.78, 5) is 19.5. The Morgan fingerprint density at radius 1 is 1.30 bits per heavy atom. The zero-order chi connectivity index (χ0) is 16.6. The van der Waals surface area contributed by atoms with Crippen LogP contribution in [-0.4, -0.2) is 20.8 Å². The number of nitro benzene ring substituents is 1. The second kappa shape index (κ2) is 5.75. The van der Waals surface area contributed by atoms with Crippen LogP contribution in [0.25, 0.3) is 5.57 Å². The van der Waals surface area contributed by atoms with Gasteiger partial charge in [0.05, 0.1) is 4.92 Å². The van der Waals surface area contributed by atoms with Crippen LogP contribution in [0.3, 0.4) is 0 Å². The maximum atomic E-state index is 11.0. The highest BCUT2D eigenvalue weighted by atomic mass is 16.6. The molecule has 0 amide bonds. The fraction of sp³-hybridized carbons (Fsp3) is 0.312. The van der Waals surface area contributed by atoms with Gasteiger partial charge in [0, 0.05) is 35.0 Å². The van der Waals surface area contributed by atoms with Crippen LogP contribution in [0.2, 0.25) is 0 Å². The summed E-state index contributed by atoms with van der Waals surface area (Å²) >= 11 is 0. The molecule has 1 aliphatic heterocycles. The molecule has 1 aromatic carbocycles. The first kappa shape index (κ1) is 15.1. The molecule has 0 bridgehead atoms. The highest BCUT2D eigenvalue weighted by Gasteiger charge is 2.29. The molecule has 0 N–H and O–H groups in total. The Bertz CT molecular complexity index is 835. The van der Waals surface area contributed by atoms with Crippen LogP contribution in [0.15, 0.2) is 39.5 Å². The normalized spacial score (nSPS) is 18.0. The summed E-state index contributed by atoms with van der Waals surface area (Å²) in [7, 11) is 0. The summed E-state index contributed by atoms with van der Waals surface area (Å²) in [5.41, 5.74) is 3.52. The SMILES string of the molecule is CC1=NC(C)=C(c2nc(C)no2)C(c2cccc([N+](=O)[O-])c2)C1. The van der Waals surface area contributed by atoms with E-state index in [4.69, 9.17) is 4.52 Å². The van der Waals surface area contributed by atoms with Crippen LogP contribution in [0.5, 0.6) is 0 Å². The van der Waals surface area contributed by atoms with Crippen LogP contribution < -0.4 is 0 Å². The van der Waals surface area contributed by atoms with Gasteiger partial charge in [0.1, 0.15) is 0 Å². The fourth-order valence-electron chi connectivity index (χ4n) is 2.89. The number of rotatable bonds is 3. The highest BCUT2D eigenvalue weighted by Crippen LogP contribution is 2.40. The van der Waals surface area contributed by atoms with E-state index in [-0.39, 0.29) is 16.5 Å². The van der Waals surface area contributed by atoms with Crippen LogP contribution in [0.4, 0.5) is 5.69 Å². The standard InChI is InChI=1S/C16H16N4O3/c1-9-7-14(12-5-4-6-13(8-12)20(21)22)15(10(2)17-9)16-18-11(3)19-23-16/h4-6,8,14H,7H2,1-3H3. The lowest BCUT2D eigenvalue weighted by Crippen LogP contribution is -2.13. The molecular weight excluding hydrogens is 296 g/mol. The Kier molecular flexibility index (Phi) is 3.77. The Hall–Kier alpha value is -2.83. The van der Waals surface area contributed by atoms with E-state index in [0.29, 0.717) is 18.1 Å². The fourth-order valence-corrected chi connectivity index (χ4v) is 2.89. The van der Waals surface area contributed by atoms with Gasteiger partial charge in [-0.2, -0.15) is 4.98 Å². The van der Waals surface area contributed by atoms with Crippen LogP contribution in [0.1, 0.15) is 43.5 Å². The van der Waals surface area contributed by atoms with Crippen LogP contribution >= 0.6 is 0 Å². The number of nitro groups is 1. The van der Waals surface area contributed by atoms with Gasteiger partial charge >= 0.3 is 0 Å². The van der Waals surface area contributed by atoms with E-state index in [9.17, 15) is 10.1 Å². The number of non-ortho nitro benzene ring substituents is 1. The second-order valence-corrected chi connectivity index (χ2v) is 5.60. The number of aryl methyl sites for hydroxylation is 1. The van der Waals surface area contributed by atoms with Crippen LogP contribution in [0, 0.1) is 17.0 Å². The van der Waals surface area contributed by atoms with Crippen molar-refractivity contribution in [2.75, 3.05) is 0 Å². The summed E-state index contributed by atoms with van der Waals surface area (Å²) in [6.07, 6.45) is 0.662. The van der Waals surface area contributed by atoms with E-state index in [2.05, 4.69) is 15.1 Å². The third-order valence-corrected chi connectivity index (χ3v) is 3.84. The highest BCUT2D eigenvalue weighted by molar-refractivity contribution is 5.90. The molecule has 2 heterocycles. The van der Waals surface area contributed by atoms with E-state index in [1.807, 2.05) is 19.9 Å². The molecule has 1 unspecified atom stereocenters. The molecule has 7 heteroatoms. The van der Waals surface area contributed by atoms with E-state index in [0.717, 1.165) is 22.5 Å². The first-order chi connectivity index (χ1) is 11.0. The Labute approximate surface area is 132 Å². The van der Waals surface area contributed by atoms with Gasteiger partial charge in [-0.25, -0.2) is 0 Å². The van der Waals surface area contributed by atoms with Gasteiger partial charge in [-0.3, -0.25) is 15.1 Å². The van der Waals surface area contributed by atoms with Gasteiger partial charge in [0.2, 0.25) is 0 Å². The molecule has 118 valence electrons. The minimum Gasteiger partial charge on any atom is -0.334 e. The molecule has 7 nitrogen and oxygen atoms in total. The van der Waals surface area contributed by atoms with Crippen molar-refractivity contribution in [3.05, 3.63) is 57.4 Å². The predicted molar refractivity (Wildman–Crippen MR) is 85.2 cm³/mol. The largest absolute Gasteiger partial charge is 0.334 e. The molecule has 1 aromatic heterocycles. The van der Waals surface area contributed by atoms with E-state index >= 15 is 0 Å². The third-order valence-electron chi connectivity index (χ3n) is 3.84. The molecule has 0 aliphatic carbocycles. The Balaban J connectivity index is 2.11. The lowest BCUT2D eigenvalue weighted by molar-refractivity contribution is -0.384. The topological polar surface area (TPSA) is 94.4 Å². The van der Waals surface area contributed by atoms with Gasteiger partial charge < -0.3 is 4.52 Å². The van der Waals surface area contributed by atoms with Crippen molar-refractivity contribution in [3.8, 4) is 0 Å². The number of aliphatic imine (C=N–C) groups is 1. The van der Waals surface area contributed by atoms with Gasteiger partial charge in [-0.1, -0.05) is 17.3 Å². The zero-order valence-electron chi connectivity index (χ0n) is 13.1. The Morgan fingerprint density at radius 2 is 2.09 bits per heavy atom. The van der Waals surface area contributed by atoms with Crippen molar-refractivity contribution in [1.29, 1.82) is 0 Å². The summed E-state index contributed by atoms with van der Waals surface area (Å²) in [5.74, 6) is 0.879. The Morgan fingerprint density at radius 3 is 2.74 bits per heavy atom. The van der Waals surface area contributed by atoms with Crippen molar-refractivity contribution in [3.63, 3.8) is 0 Å². The lowest BCUT2D eigenvalue weighted by Gasteiger charge is -2.23. The van der Waals surface area contributed by atoms with Crippen molar-refractivity contribution < 1.29 is 9.45 Å². The van der Waals surface area contributed by atoms with Crippen molar-refractivity contribution >= 4 is 17.0 Å². The third kappa shape index (κ3) is 2.90. The number of benzene rings is 1. The average Bonchev–Trinajstić information content (AvgIpc) is 2.92. The first-order valence-corrected chi connectivity index (χ1v) is 7.25. The molecule has 0 saturated heterocycles. The van der Waals surface area contributed by atoms with Crippen molar-refractivity contribution in [2.45, 2.75) is 33.1 Å². The number of allylic oxidation sites excluding steroid dienone is 2. The van der Waals surface area contributed by atoms with Crippen LogP contribution in [-0.2, 0) is 0 Å². The molecular formula is C16H16N4O3. The molecule has 0 radical (unpaired) electrons. The molecule has 1 atom stereocenters. The smallest absolute Gasteiger partial charge is 0.269 e. The summed E-state index contributed by atoms with van der Waals surface area (Å²) in [6.45, 7) is 5.59.